The number of rotatable bonds is 5. The lowest BCUT2D eigenvalue weighted by atomic mass is 9.96. The maximum absolute atomic E-state index is 3.93. The molecule has 272 valence electrons. The summed E-state index contributed by atoms with van der Waals surface area (Å²) >= 11 is 3.80. The van der Waals surface area contributed by atoms with Crippen molar-refractivity contribution in [2.24, 2.45) is 0 Å². The summed E-state index contributed by atoms with van der Waals surface area (Å²) in [5.41, 5.74) is 9.92. The molecule has 1 saturated heterocycles. The molecule has 0 bridgehead atoms. The molecule has 4 nitrogen and oxygen atoms in total. The average molecular weight is 769 g/mol. The van der Waals surface area contributed by atoms with Gasteiger partial charge in [0.1, 0.15) is 0 Å². The van der Waals surface area contributed by atoms with Crippen LogP contribution in [-0.4, -0.2) is 4.57 Å². The van der Waals surface area contributed by atoms with Gasteiger partial charge < -0.3 is 4.57 Å². The SMILES string of the molecule is c1ccc(C2NC(c3ccccc3)NC(c3cccc4c3sc3cccc(-c5cccc6c5sc5ccc(-n7c8ccccc8c8ccccc87)cc56)c34)N2)cc1. The second-order valence-corrected chi connectivity index (χ2v) is 17.1. The minimum atomic E-state index is -0.0726. The molecule has 0 amide bonds. The number of para-hydroxylation sites is 2. The molecule has 12 rings (SSSR count). The zero-order valence-corrected chi connectivity index (χ0v) is 32.4. The van der Waals surface area contributed by atoms with Gasteiger partial charge in [0.15, 0.2) is 0 Å². The second kappa shape index (κ2) is 13.2. The van der Waals surface area contributed by atoms with E-state index in [-0.39, 0.29) is 18.5 Å². The van der Waals surface area contributed by atoms with Crippen LogP contribution in [0.3, 0.4) is 0 Å². The molecule has 3 aromatic heterocycles. The lowest BCUT2D eigenvalue weighted by molar-refractivity contribution is 0.204. The number of hydrogen-bond acceptors (Lipinski definition) is 5. The Balaban J connectivity index is 0.994. The summed E-state index contributed by atoms with van der Waals surface area (Å²) in [7, 11) is 0. The molecule has 8 aromatic carbocycles. The average Bonchev–Trinajstić information content (AvgIpc) is 3.96. The lowest BCUT2D eigenvalue weighted by Gasteiger charge is -2.39. The summed E-state index contributed by atoms with van der Waals surface area (Å²) in [6, 6.07) is 66.5. The number of hydrogen-bond donors (Lipinski definition) is 3. The van der Waals surface area contributed by atoms with Crippen LogP contribution in [0.2, 0.25) is 0 Å². The highest BCUT2D eigenvalue weighted by Crippen LogP contribution is 2.47. The van der Waals surface area contributed by atoms with Crippen LogP contribution in [0.15, 0.2) is 182 Å². The quantitative estimate of drug-likeness (QED) is 0.163. The molecule has 2 atom stereocenters. The van der Waals surface area contributed by atoms with Crippen LogP contribution in [0.25, 0.3) is 79.0 Å². The molecule has 1 aliphatic rings. The van der Waals surface area contributed by atoms with Crippen LogP contribution in [0.5, 0.6) is 0 Å². The largest absolute Gasteiger partial charge is 0.309 e. The third kappa shape index (κ3) is 5.30. The van der Waals surface area contributed by atoms with E-state index >= 15 is 0 Å². The standard InChI is InChI=1S/C51H36N4S2/c1-3-14-31(15-4-1)49-52-50(32-16-5-2-6-17-32)54-51(53-49)40-24-12-23-39-46-36(20-13-27-45(46)57-48(39)40)37-21-11-22-38-41-30-33(28-29-44(41)56-47(37)38)55-42-25-9-7-18-34(42)35-19-8-10-26-43(35)55/h1-30,49-54H. The van der Waals surface area contributed by atoms with Crippen molar-refractivity contribution in [2.75, 3.05) is 0 Å². The van der Waals surface area contributed by atoms with Gasteiger partial charge in [-0.25, -0.2) is 0 Å². The van der Waals surface area contributed by atoms with Gasteiger partial charge in [0.25, 0.3) is 0 Å². The fraction of sp³-hybridized carbons (Fsp3) is 0.0588. The van der Waals surface area contributed by atoms with Gasteiger partial charge in [0, 0.05) is 67.9 Å². The molecular formula is C51H36N4S2. The van der Waals surface area contributed by atoms with Crippen molar-refractivity contribution in [1.82, 2.24) is 20.5 Å². The van der Waals surface area contributed by atoms with Gasteiger partial charge in [-0.05, 0) is 53.1 Å². The Morgan fingerprint density at radius 2 is 0.947 bits per heavy atom. The first kappa shape index (κ1) is 33.1. The molecule has 1 aliphatic heterocycles. The van der Waals surface area contributed by atoms with E-state index in [0.29, 0.717) is 0 Å². The Morgan fingerprint density at radius 1 is 0.386 bits per heavy atom. The smallest absolute Gasteiger partial charge is 0.0878 e. The maximum Gasteiger partial charge on any atom is 0.0878 e. The van der Waals surface area contributed by atoms with E-state index < -0.39 is 0 Å². The first-order chi connectivity index (χ1) is 28.3. The molecule has 57 heavy (non-hydrogen) atoms. The Kier molecular flexibility index (Phi) is 7.68. The molecular weight excluding hydrogens is 733 g/mol. The number of nitrogens with one attached hydrogen (secondary N) is 3. The maximum atomic E-state index is 3.93. The van der Waals surface area contributed by atoms with Crippen molar-refractivity contribution < 1.29 is 0 Å². The Hall–Kier alpha value is -6.12. The molecule has 0 spiro atoms. The molecule has 3 N–H and O–H groups in total. The topological polar surface area (TPSA) is 41.0 Å². The zero-order chi connectivity index (χ0) is 37.5. The van der Waals surface area contributed by atoms with Crippen molar-refractivity contribution in [3.63, 3.8) is 0 Å². The molecule has 11 aromatic rings. The summed E-state index contributed by atoms with van der Waals surface area (Å²) in [5, 5.41) is 19.5. The number of aromatic nitrogens is 1. The summed E-state index contributed by atoms with van der Waals surface area (Å²) < 4.78 is 7.66. The van der Waals surface area contributed by atoms with Crippen LogP contribution in [0.4, 0.5) is 0 Å². The van der Waals surface area contributed by atoms with Gasteiger partial charge in [0.05, 0.1) is 29.5 Å². The predicted octanol–water partition coefficient (Wildman–Crippen LogP) is 13.4. The molecule has 0 radical (unpaired) electrons. The van der Waals surface area contributed by atoms with E-state index in [1.807, 2.05) is 22.7 Å². The van der Waals surface area contributed by atoms with Crippen LogP contribution in [0.1, 0.15) is 35.2 Å². The van der Waals surface area contributed by atoms with Crippen molar-refractivity contribution in [2.45, 2.75) is 18.5 Å². The monoisotopic (exact) mass is 768 g/mol. The van der Waals surface area contributed by atoms with Crippen LogP contribution >= 0.6 is 22.7 Å². The minimum absolute atomic E-state index is 0.0242. The number of nitrogens with zero attached hydrogens (tertiary/aromatic N) is 1. The molecule has 0 aliphatic carbocycles. The molecule has 6 heteroatoms. The second-order valence-electron chi connectivity index (χ2n) is 15.0. The number of thiophene rings is 2. The van der Waals surface area contributed by atoms with Gasteiger partial charge in [-0.1, -0.05) is 146 Å². The highest BCUT2D eigenvalue weighted by molar-refractivity contribution is 7.27. The van der Waals surface area contributed by atoms with Crippen LogP contribution in [-0.2, 0) is 0 Å². The van der Waals surface area contributed by atoms with Crippen LogP contribution < -0.4 is 16.0 Å². The van der Waals surface area contributed by atoms with E-state index in [2.05, 4.69) is 203 Å². The van der Waals surface area contributed by atoms with Gasteiger partial charge in [-0.15, -0.1) is 22.7 Å². The third-order valence-corrected chi connectivity index (χ3v) is 14.2. The van der Waals surface area contributed by atoms with Crippen molar-refractivity contribution in [3.05, 3.63) is 199 Å². The van der Waals surface area contributed by atoms with E-state index in [9.17, 15) is 0 Å². The molecule has 4 heterocycles. The number of fused-ring (bicyclic) bond motifs is 9. The fourth-order valence-corrected chi connectivity index (χ4v) is 11.6. The Morgan fingerprint density at radius 3 is 1.67 bits per heavy atom. The zero-order valence-electron chi connectivity index (χ0n) is 30.8. The highest BCUT2D eigenvalue weighted by atomic mass is 32.1. The van der Waals surface area contributed by atoms with E-state index in [1.165, 1.54) is 95.7 Å². The minimum Gasteiger partial charge on any atom is -0.309 e. The van der Waals surface area contributed by atoms with E-state index in [4.69, 9.17) is 0 Å². The first-order valence-corrected chi connectivity index (χ1v) is 21.2. The normalized spacial score (nSPS) is 17.4. The third-order valence-electron chi connectivity index (χ3n) is 11.7. The van der Waals surface area contributed by atoms with E-state index in [0.717, 1.165) is 0 Å². The molecule has 0 saturated carbocycles. The van der Waals surface area contributed by atoms with E-state index in [1.54, 1.807) is 0 Å². The summed E-state index contributed by atoms with van der Waals surface area (Å²) in [6.45, 7) is 0. The summed E-state index contributed by atoms with van der Waals surface area (Å²) in [4.78, 5) is 0. The lowest BCUT2D eigenvalue weighted by Crippen LogP contribution is -2.54. The van der Waals surface area contributed by atoms with Crippen molar-refractivity contribution in [3.8, 4) is 16.8 Å². The predicted molar refractivity (Wildman–Crippen MR) is 243 cm³/mol. The summed E-state index contributed by atoms with van der Waals surface area (Å²) in [6.07, 6.45) is -0.121. The van der Waals surface area contributed by atoms with Gasteiger partial charge in [-0.2, -0.15) is 0 Å². The van der Waals surface area contributed by atoms with Crippen molar-refractivity contribution >= 4 is 84.8 Å². The van der Waals surface area contributed by atoms with Crippen LogP contribution in [0, 0.1) is 0 Å². The number of benzene rings is 8. The summed E-state index contributed by atoms with van der Waals surface area (Å²) in [5.74, 6) is 0. The van der Waals surface area contributed by atoms with Gasteiger partial charge in [-0.3, -0.25) is 16.0 Å². The first-order valence-electron chi connectivity index (χ1n) is 19.5. The highest BCUT2D eigenvalue weighted by Gasteiger charge is 2.31. The fourth-order valence-electron chi connectivity index (χ4n) is 9.16. The molecule has 1 fully saturated rings. The molecule has 2 unspecified atom stereocenters. The Bertz CT molecular complexity index is 3210. The Labute approximate surface area is 337 Å². The van der Waals surface area contributed by atoms with Gasteiger partial charge in [0.2, 0.25) is 0 Å². The van der Waals surface area contributed by atoms with Crippen molar-refractivity contribution in [1.29, 1.82) is 0 Å². The van der Waals surface area contributed by atoms with Gasteiger partial charge >= 0.3 is 0 Å².